The maximum absolute atomic E-state index is 14.9. The lowest BCUT2D eigenvalue weighted by Gasteiger charge is -2.30. The number of hydrogen-bond donors (Lipinski definition) is 17. The van der Waals surface area contributed by atoms with Gasteiger partial charge in [-0.15, -0.1) is 0 Å². The van der Waals surface area contributed by atoms with Crippen LogP contribution in [0, 0.1) is 23.7 Å². The Morgan fingerprint density at radius 1 is 0.386 bits per heavy atom. The van der Waals surface area contributed by atoms with Crippen molar-refractivity contribution >= 4 is 65.0 Å². The summed E-state index contributed by atoms with van der Waals surface area (Å²) in [5.74, 6) is -8.62. The lowest BCUT2D eigenvalue weighted by molar-refractivity contribution is -0.137. The minimum atomic E-state index is -1.32. The number of primary amides is 1. The first kappa shape index (κ1) is 86.8. The first-order chi connectivity index (χ1) is 48.1. The van der Waals surface area contributed by atoms with Crippen LogP contribution in [0.1, 0.15) is 175 Å². The number of carbonyl (C=O) groups excluding carboxylic acids is 11. The molecule has 0 aliphatic carbocycles. The number of unbranched alkanes of at least 4 members (excludes halogenated alkanes) is 4. The number of nitrogens with two attached hydrogens (primary N) is 6. The van der Waals surface area contributed by atoms with Crippen LogP contribution in [-0.2, 0) is 72.0 Å². The highest BCUT2D eigenvalue weighted by molar-refractivity contribution is 5.99. The number of amides is 11. The van der Waals surface area contributed by atoms with Crippen LogP contribution in [0.5, 0.6) is 0 Å². The molecule has 0 radical (unpaired) electrons. The summed E-state index contributed by atoms with van der Waals surface area (Å²) in [4.78, 5) is 164. The fourth-order valence-electron chi connectivity index (χ4n) is 11.4. The smallest absolute Gasteiger partial charge is 0.243 e. The summed E-state index contributed by atoms with van der Waals surface area (Å²) in [5, 5.41) is 28.2. The zero-order chi connectivity index (χ0) is 75.0. The normalized spacial score (nSPS) is 15.0. The van der Waals surface area contributed by atoms with Crippen molar-refractivity contribution in [1.82, 2.24) is 63.1 Å². The second-order valence-corrected chi connectivity index (χ2v) is 27.6. The van der Waals surface area contributed by atoms with Crippen molar-refractivity contribution in [3.8, 4) is 0 Å². The minimum absolute atomic E-state index is 0.00587. The van der Waals surface area contributed by atoms with E-state index in [2.05, 4.69) is 63.1 Å². The van der Waals surface area contributed by atoms with Gasteiger partial charge in [0.05, 0.1) is 12.4 Å². The highest BCUT2D eigenvalue weighted by Crippen LogP contribution is 2.17. The molecule has 0 spiro atoms. The van der Waals surface area contributed by atoms with E-state index in [1.54, 1.807) is 67.6 Å². The topological polar surface area (TPSA) is 493 Å². The van der Waals surface area contributed by atoms with E-state index in [0.29, 0.717) is 87.7 Å². The second kappa shape index (κ2) is 47.7. The molecule has 1 aromatic heterocycles. The van der Waals surface area contributed by atoms with Gasteiger partial charge >= 0.3 is 0 Å². The molecule has 29 nitrogen and oxygen atoms in total. The average Bonchev–Trinajstić information content (AvgIpc) is 1.22. The van der Waals surface area contributed by atoms with Crippen LogP contribution in [0.15, 0.2) is 73.2 Å². The molecular weight excluding hydrogens is 1290 g/mol. The molecule has 12 atom stereocenters. The molecule has 564 valence electrons. The molecule has 3 rings (SSSR count). The van der Waals surface area contributed by atoms with Crippen LogP contribution < -0.4 is 87.6 Å². The Hall–Kier alpha value is -8.38. The van der Waals surface area contributed by atoms with Gasteiger partial charge in [-0.3, -0.25) is 52.7 Å². The van der Waals surface area contributed by atoms with Crippen molar-refractivity contribution in [1.29, 1.82) is 0 Å². The van der Waals surface area contributed by atoms with E-state index in [1.807, 2.05) is 48.5 Å². The molecule has 23 N–H and O–H groups in total. The summed E-state index contributed by atoms with van der Waals surface area (Å²) in [7, 11) is 0. The molecule has 0 saturated carbocycles. The molecule has 29 heteroatoms. The van der Waals surface area contributed by atoms with Gasteiger partial charge in [0.1, 0.15) is 60.4 Å². The Morgan fingerprint density at radius 2 is 0.693 bits per heavy atom. The number of nitrogens with zero attached hydrogens (tertiary/aromatic N) is 1. The summed E-state index contributed by atoms with van der Waals surface area (Å²) in [6.45, 7) is 15.9. The number of nitrogens with one attached hydrogen (secondary N) is 11. The van der Waals surface area contributed by atoms with Crippen LogP contribution in [-0.4, -0.2) is 168 Å². The maximum Gasteiger partial charge on any atom is 0.243 e. The van der Waals surface area contributed by atoms with Crippen molar-refractivity contribution in [2.24, 2.45) is 58.1 Å². The number of imidazole rings is 1. The fourth-order valence-corrected chi connectivity index (χ4v) is 11.4. The van der Waals surface area contributed by atoms with Crippen LogP contribution in [0.3, 0.4) is 0 Å². The Bertz CT molecular complexity index is 3000. The van der Waals surface area contributed by atoms with Crippen LogP contribution in [0.4, 0.5) is 0 Å². The Kier molecular flexibility index (Phi) is 41.0. The maximum atomic E-state index is 14.9. The fraction of sp³-hybridized carbons (Fsp3) is 0.639. The van der Waals surface area contributed by atoms with E-state index in [0.717, 1.165) is 0 Å². The highest BCUT2D eigenvalue weighted by atomic mass is 16.2. The number of carbonyl (C=O) groups is 11. The molecule has 0 aliphatic rings. The van der Waals surface area contributed by atoms with Crippen molar-refractivity contribution in [2.45, 2.75) is 244 Å². The van der Waals surface area contributed by atoms with Crippen molar-refractivity contribution in [3.05, 3.63) is 90.0 Å². The summed E-state index contributed by atoms with van der Waals surface area (Å²) < 4.78 is 0. The molecule has 0 bridgehead atoms. The monoisotopic (exact) mass is 1410 g/mol. The zero-order valence-corrected chi connectivity index (χ0v) is 60.8. The van der Waals surface area contributed by atoms with Gasteiger partial charge in [0, 0.05) is 31.2 Å². The molecule has 0 fully saturated rings. The first-order valence-corrected chi connectivity index (χ1v) is 36.1. The zero-order valence-electron chi connectivity index (χ0n) is 60.8. The van der Waals surface area contributed by atoms with Crippen molar-refractivity contribution in [2.75, 3.05) is 26.2 Å². The molecule has 11 amide bonds. The molecule has 0 saturated heterocycles. The summed E-state index contributed by atoms with van der Waals surface area (Å²) in [6.07, 6.45) is 7.91. The summed E-state index contributed by atoms with van der Waals surface area (Å²) in [6, 6.07) is 4.59. The predicted molar refractivity (Wildman–Crippen MR) is 389 cm³/mol. The van der Waals surface area contributed by atoms with E-state index in [-0.39, 0.29) is 95.1 Å². The number of H-pyrrole nitrogens is 1. The Balaban J connectivity index is 1.97. The first-order valence-electron chi connectivity index (χ1n) is 36.1. The van der Waals surface area contributed by atoms with Crippen molar-refractivity contribution < 1.29 is 52.7 Å². The van der Waals surface area contributed by atoms with Gasteiger partial charge in [0.15, 0.2) is 0 Å². The molecule has 1 heterocycles. The summed E-state index contributed by atoms with van der Waals surface area (Å²) in [5.41, 5.74) is 37.4. The Morgan fingerprint density at radius 3 is 1.03 bits per heavy atom. The number of hydrogen-bond acceptors (Lipinski definition) is 17. The third-order valence-electron chi connectivity index (χ3n) is 17.3. The molecule has 2 aromatic carbocycles. The van der Waals surface area contributed by atoms with Gasteiger partial charge in [-0.25, -0.2) is 4.98 Å². The number of aromatic amines is 1. The third kappa shape index (κ3) is 33.3. The lowest BCUT2D eigenvalue weighted by atomic mass is 9.95. The van der Waals surface area contributed by atoms with Gasteiger partial charge < -0.3 is 92.6 Å². The molecule has 3 aromatic rings. The van der Waals surface area contributed by atoms with E-state index < -0.39 is 137 Å². The second-order valence-electron chi connectivity index (χ2n) is 27.6. The SMILES string of the molecule is CC[C@H](C)[C@H](NC(=O)[C@H](CCCCN)NC(=O)[C@H](CCCCN)NC(=O)[C@H](Cc1ccccc1)NC(=O)[C@H](CC(C)C)NC(=O)[C@H](CCCCN)NC(=O)[C@@H](N)Cc1cnc[nH]1)C(=O)N[C@@H](CC(C)C)C(=O)N[C@@H](CCCCN)C(=O)N[C@@H](Cc1ccccc1)C(=O)N[C@@H](CC(C)C)C(N)=O. The standard InChI is InChI=1S/C72H120N18O11/c1-9-47(8)61(72(101)89-58(38-46(6)7)68(97)83-54(30-18-22-34-75)66(95)87-60(40-49-26-14-11-15-27-49)71(100)85-56(62(78)91)36-44(2)3)90-67(96)55(31-19-23-35-76)82-64(93)53(29-17-21-33-74)84-70(99)59(39-48-24-12-10-13-25-48)88-69(98)57(37-45(4)5)86-65(94)52(28-16-20-32-73)81-63(92)51(77)41-50-42-79-43-80-50/h10-15,24-27,42-47,51-61H,9,16-23,28-41,73-77H2,1-8H3,(H2,78,91)(H,79,80)(H,81,92)(H,82,93)(H,83,97)(H,84,99)(H,85,100)(H,86,94)(H,87,95)(H,88,98)(H,89,101)(H,90,96)/t47-,51-,52-,53-,54-,55-,56-,57-,58-,59-,60-,61-/m0/s1. The van der Waals surface area contributed by atoms with Gasteiger partial charge in [0.25, 0.3) is 0 Å². The van der Waals surface area contributed by atoms with Crippen LogP contribution in [0.25, 0.3) is 0 Å². The van der Waals surface area contributed by atoms with Gasteiger partial charge in [0.2, 0.25) is 65.0 Å². The van der Waals surface area contributed by atoms with Gasteiger partial charge in [-0.05, 0) is 157 Å². The van der Waals surface area contributed by atoms with E-state index >= 15 is 0 Å². The van der Waals surface area contributed by atoms with E-state index in [9.17, 15) is 52.7 Å². The lowest BCUT2D eigenvalue weighted by Crippen LogP contribution is -2.61. The number of rotatable bonds is 51. The summed E-state index contributed by atoms with van der Waals surface area (Å²) >= 11 is 0. The van der Waals surface area contributed by atoms with Gasteiger partial charge in [-0.1, -0.05) is 122 Å². The van der Waals surface area contributed by atoms with E-state index in [1.165, 1.54) is 12.5 Å². The Labute approximate surface area is 596 Å². The van der Waals surface area contributed by atoms with E-state index in [4.69, 9.17) is 34.4 Å². The predicted octanol–water partition coefficient (Wildman–Crippen LogP) is 0.799. The van der Waals surface area contributed by atoms with Gasteiger partial charge in [-0.2, -0.15) is 0 Å². The molecule has 0 unspecified atom stereocenters. The minimum Gasteiger partial charge on any atom is -0.368 e. The van der Waals surface area contributed by atoms with Crippen molar-refractivity contribution in [3.63, 3.8) is 0 Å². The number of aromatic nitrogens is 2. The van der Waals surface area contributed by atoms with Crippen LogP contribution >= 0.6 is 0 Å². The van der Waals surface area contributed by atoms with Crippen LogP contribution in [0.2, 0.25) is 0 Å². The molecule has 101 heavy (non-hydrogen) atoms. The quantitative estimate of drug-likeness (QED) is 0.0348. The molecular formula is C72H120N18O11. The third-order valence-corrected chi connectivity index (χ3v) is 17.3. The highest BCUT2D eigenvalue weighted by Gasteiger charge is 2.38. The average molecular weight is 1410 g/mol. The molecule has 0 aliphatic heterocycles. The largest absolute Gasteiger partial charge is 0.368 e. The number of benzene rings is 2.